The lowest BCUT2D eigenvalue weighted by Crippen LogP contribution is -2.28. The summed E-state index contributed by atoms with van der Waals surface area (Å²) in [5.41, 5.74) is 2.19. The molecule has 1 N–H and O–H groups in total. The van der Waals surface area contributed by atoms with Crippen LogP contribution in [0.5, 0.6) is 0 Å². The molecule has 0 unspecified atom stereocenters. The van der Waals surface area contributed by atoms with E-state index < -0.39 is 27.6 Å². The molecule has 0 saturated carbocycles. The number of hydrogen-bond acceptors (Lipinski definition) is 8. The number of carbonyl (C=O) groups excluding carboxylic acids is 2. The third-order valence-corrected chi connectivity index (χ3v) is 6.60. The quantitative estimate of drug-likeness (QED) is 0.188. The van der Waals surface area contributed by atoms with Gasteiger partial charge in [0.05, 0.1) is 10.6 Å². The highest BCUT2D eigenvalue weighted by molar-refractivity contribution is 7.92. The van der Waals surface area contributed by atoms with E-state index in [-0.39, 0.29) is 16.5 Å². The van der Waals surface area contributed by atoms with Gasteiger partial charge in [0.25, 0.3) is 10.0 Å². The Morgan fingerprint density at radius 1 is 0.757 bits per heavy atom. The number of sulfonamides is 1. The average Bonchev–Trinajstić information content (AvgIpc) is 2.89. The molecule has 3 aromatic carbocycles. The number of ketones is 2. The zero-order chi connectivity index (χ0) is 26.4. The van der Waals surface area contributed by atoms with Gasteiger partial charge in [0.1, 0.15) is 0 Å². The van der Waals surface area contributed by atoms with Crippen LogP contribution >= 0.6 is 0 Å². The second kappa shape index (κ2) is 11.0. The number of anilines is 1. The summed E-state index contributed by atoms with van der Waals surface area (Å²) >= 11 is 0. The minimum Gasteiger partial charge on any atom is -0.291 e. The fourth-order valence-electron chi connectivity index (χ4n) is 3.51. The Labute approximate surface area is 214 Å². The summed E-state index contributed by atoms with van der Waals surface area (Å²) in [5, 5.41) is 8.14. The van der Waals surface area contributed by atoms with Crippen molar-refractivity contribution in [1.82, 2.24) is 9.97 Å². The van der Waals surface area contributed by atoms with Crippen LogP contribution in [0.15, 0.2) is 106 Å². The molecule has 9 nitrogen and oxygen atoms in total. The third kappa shape index (κ3) is 6.36. The minimum atomic E-state index is -3.95. The average molecular weight is 514 g/mol. The third-order valence-electron chi connectivity index (χ3n) is 5.26. The van der Waals surface area contributed by atoms with Crippen molar-refractivity contribution in [2.45, 2.75) is 24.8 Å². The van der Waals surface area contributed by atoms with Crippen LogP contribution in [0.2, 0.25) is 0 Å². The summed E-state index contributed by atoms with van der Waals surface area (Å²) in [6.45, 7) is 3.48. The number of aryl methyl sites for hydroxylation is 2. The van der Waals surface area contributed by atoms with Crippen LogP contribution in [-0.2, 0) is 10.0 Å². The minimum absolute atomic E-state index is 0.0250. The highest BCUT2D eigenvalue weighted by atomic mass is 32.2. The van der Waals surface area contributed by atoms with Gasteiger partial charge in [-0.2, -0.15) is 10.2 Å². The zero-order valence-corrected chi connectivity index (χ0v) is 20.9. The maximum Gasteiger partial charge on any atom is 0.264 e. The van der Waals surface area contributed by atoms with Gasteiger partial charge in [0.15, 0.2) is 17.6 Å². The molecule has 0 saturated heterocycles. The van der Waals surface area contributed by atoms with Crippen molar-refractivity contribution in [2.75, 3.05) is 4.72 Å². The molecular formula is C27H23N5O4S. The number of nitrogens with zero attached hydrogens (tertiary/aromatic N) is 4. The van der Waals surface area contributed by atoms with Crippen molar-refractivity contribution >= 4 is 33.2 Å². The highest BCUT2D eigenvalue weighted by Gasteiger charge is 2.28. The Morgan fingerprint density at radius 3 is 1.73 bits per heavy atom. The molecular weight excluding hydrogens is 490 g/mol. The summed E-state index contributed by atoms with van der Waals surface area (Å²) in [6.07, 6.45) is 0. The fraction of sp³-hybridized carbons (Fsp3) is 0.111. The van der Waals surface area contributed by atoms with Gasteiger partial charge in [0, 0.05) is 22.5 Å². The van der Waals surface area contributed by atoms with E-state index >= 15 is 0 Å². The summed E-state index contributed by atoms with van der Waals surface area (Å²) < 4.78 is 27.9. The molecule has 0 atom stereocenters. The molecule has 0 spiro atoms. The van der Waals surface area contributed by atoms with Gasteiger partial charge in [-0.15, -0.1) is 0 Å². The molecule has 0 radical (unpaired) electrons. The predicted octanol–water partition coefficient (Wildman–Crippen LogP) is 5.11. The van der Waals surface area contributed by atoms with Crippen molar-refractivity contribution in [2.24, 2.45) is 10.2 Å². The van der Waals surface area contributed by atoms with Crippen LogP contribution in [0.1, 0.15) is 32.1 Å². The molecule has 37 heavy (non-hydrogen) atoms. The van der Waals surface area contributed by atoms with Crippen LogP contribution in [0.25, 0.3) is 0 Å². The van der Waals surface area contributed by atoms with Crippen molar-refractivity contribution in [3.63, 3.8) is 0 Å². The lowest BCUT2D eigenvalue weighted by molar-refractivity contribution is 0.0861. The van der Waals surface area contributed by atoms with Crippen molar-refractivity contribution in [3.8, 4) is 0 Å². The van der Waals surface area contributed by atoms with E-state index in [0.29, 0.717) is 22.5 Å². The van der Waals surface area contributed by atoms with E-state index in [2.05, 4.69) is 24.9 Å². The first-order valence-electron chi connectivity index (χ1n) is 11.3. The van der Waals surface area contributed by atoms with E-state index in [1.54, 1.807) is 80.6 Å². The normalized spacial score (nSPS) is 11.5. The van der Waals surface area contributed by atoms with E-state index in [0.717, 1.165) is 0 Å². The zero-order valence-electron chi connectivity index (χ0n) is 20.1. The molecule has 0 aliphatic heterocycles. The van der Waals surface area contributed by atoms with Gasteiger partial charge in [0.2, 0.25) is 5.95 Å². The van der Waals surface area contributed by atoms with Crippen LogP contribution in [0, 0.1) is 13.8 Å². The van der Waals surface area contributed by atoms with Gasteiger partial charge in [-0.05, 0) is 44.2 Å². The molecule has 1 heterocycles. The monoisotopic (exact) mass is 513 g/mol. The number of azo groups is 1. The SMILES string of the molecule is Cc1cc(C)nc(NS(=O)(=O)c2ccc(N=NC(C(=O)c3ccccc3)C(=O)c3ccccc3)cc2)n1. The standard InChI is InChI=1S/C27H23N5O4S/c1-18-17-19(2)29-27(28-18)32-37(35,36)23-15-13-22(14-16-23)30-31-24(25(33)20-9-5-3-6-10-20)26(34)21-11-7-4-8-12-21/h3-17,24H,1-2H3,(H,28,29,32). The van der Waals surface area contributed by atoms with Crippen molar-refractivity contribution < 1.29 is 18.0 Å². The maximum absolute atomic E-state index is 13.1. The molecule has 1 aromatic heterocycles. The first-order chi connectivity index (χ1) is 17.7. The van der Waals surface area contributed by atoms with Crippen LogP contribution in [-0.4, -0.2) is 36.0 Å². The van der Waals surface area contributed by atoms with Gasteiger partial charge in [-0.1, -0.05) is 60.7 Å². The number of nitrogens with one attached hydrogen (secondary N) is 1. The summed E-state index contributed by atoms with van der Waals surface area (Å²) in [7, 11) is -3.95. The molecule has 0 aliphatic rings. The number of carbonyl (C=O) groups is 2. The fourth-order valence-corrected chi connectivity index (χ4v) is 4.46. The Balaban J connectivity index is 1.57. The van der Waals surface area contributed by atoms with Crippen molar-refractivity contribution in [3.05, 3.63) is 114 Å². The van der Waals surface area contributed by atoms with Crippen LogP contribution in [0.3, 0.4) is 0 Å². The van der Waals surface area contributed by atoms with Gasteiger partial charge in [-0.3, -0.25) is 9.59 Å². The summed E-state index contributed by atoms with van der Waals surface area (Å²) in [5.74, 6) is -1.01. The molecule has 0 fully saturated rings. The Bertz CT molecular complexity index is 1480. The number of aromatic nitrogens is 2. The van der Waals surface area contributed by atoms with Crippen molar-refractivity contribution in [1.29, 1.82) is 0 Å². The molecule has 4 rings (SSSR count). The van der Waals surface area contributed by atoms with E-state index in [1.165, 1.54) is 24.3 Å². The van der Waals surface area contributed by atoms with Gasteiger partial charge >= 0.3 is 0 Å². The Morgan fingerprint density at radius 2 is 1.24 bits per heavy atom. The van der Waals surface area contributed by atoms with Crippen LogP contribution < -0.4 is 4.72 Å². The van der Waals surface area contributed by atoms with E-state index in [9.17, 15) is 18.0 Å². The summed E-state index contributed by atoms with van der Waals surface area (Å²) in [6, 6.07) is 22.6. The number of rotatable bonds is 9. The molecule has 0 aliphatic carbocycles. The molecule has 0 bridgehead atoms. The molecule has 4 aromatic rings. The lowest BCUT2D eigenvalue weighted by atomic mass is 9.97. The predicted molar refractivity (Wildman–Crippen MR) is 139 cm³/mol. The number of Topliss-reactive ketones (excluding diaryl/α,β-unsaturated/α-hetero) is 2. The van der Waals surface area contributed by atoms with E-state index in [4.69, 9.17) is 0 Å². The van der Waals surface area contributed by atoms with Crippen LogP contribution in [0.4, 0.5) is 11.6 Å². The van der Waals surface area contributed by atoms with E-state index in [1.807, 2.05) is 0 Å². The smallest absolute Gasteiger partial charge is 0.264 e. The van der Waals surface area contributed by atoms with Gasteiger partial charge in [-0.25, -0.2) is 23.1 Å². The molecule has 186 valence electrons. The maximum atomic E-state index is 13.1. The molecule has 0 amide bonds. The first kappa shape index (κ1) is 25.5. The lowest BCUT2D eigenvalue weighted by Gasteiger charge is -2.10. The largest absolute Gasteiger partial charge is 0.291 e. The molecule has 10 heteroatoms. The Hall–Kier alpha value is -4.57. The topological polar surface area (TPSA) is 131 Å². The summed E-state index contributed by atoms with van der Waals surface area (Å²) in [4.78, 5) is 34.4. The number of hydrogen-bond donors (Lipinski definition) is 1. The second-order valence-electron chi connectivity index (χ2n) is 8.15. The van der Waals surface area contributed by atoms with Gasteiger partial charge < -0.3 is 0 Å². The Kier molecular flexibility index (Phi) is 7.59. The first-order valence-corrected chi connectivity index (χ1v) is 12.8. The highest BCUT2D eigenvalue weighted by Crippen LogP contribution is 2.21. The number of benzene rings is 3. The second-order valence-corrected chi connectivity index (χ2v) is 9.83.